The Kier molecular flexibility index (Phi) is 5.74. The van der Waals surface area contributed by atoms with Crippen molar-refractivity contribution in [1.29, 1.82) is 0 Å². The SMILES string of the molecule is C[C@@H]1CCCC[C@@H]1NC(=O)COC(=O)c1ccc2c(c1)CCN2S(C)(=O)=O. The van der Waals surface area contributed by atoms with Gasteiger partial charge in [-0.2, -0.15) is 0 Å². The zero-order valence-corrected chi connectivity index (χ0v) is 16.5. The highest BCUT2D eigenvalue weighted by Crippen LogP contribution is 2.30. The van der Waals surface area contributed by atoms with E-state index in [4.69, 9.17) is 4.74 Å². The Labute approximate surface area is 160 Å². The summed E-state index contributed by atoms with van der Waals surface area (Å²) in [5.41, 5.74) is 1.70. The predicted octanol–water partition coefficient (Wildman–Crippen LogP) is 1.86. The lowest BCUT2D eigenvalue weighted by Gasteiger charge is -2.29. The minimum absolute atomic E-state index is 0.145. The minimum Gasteiger partial charge on any atom is -0.452 e. The van der Waals surface area contributed by atoms with Crippen molar-refractivity contribution in [1.82, 2.24) is 5.32 Å². The van der Waals surface area contributed by atoms with Gasteiger partial charge in [-0.1, -0.05) is 19.8 Å². The Morgan fingerprint density at radius 1 is 1.26 bits per heavy atom. The van der Waals surface area contributed by atoms with Crippen LogP contribution >= 0.6 is 0 Å². The van der Waals surface area contributed by atoms with Gasteiger partial charge in [0.1, 0.15) is 0 Å². The summed E-state index contributed by atoms with van der Waals surface area (Å²) in [6.07, 6.45) is 6.07. The van der Waals surface area contributed by atoms with Gasteiger partial charge in [0.15, 0.2) is 6.61 Å². The molecule has 0 saturated heterocycles. The molecular formula is C19H26N2O5S. The molecule has 1 heterocycles. The highest BCUT2D eigenvalue weighted by molar-refractivity contribution is 7.92. The number of amides is 1. The van der Waals surface area contributed by atoms with Crippen LogP contribution in [0.3, 0.4) is 0 Å². The first kappa shape index (κ1) is 19.7. The Morgan fingerprint density at radius 3 is 2.70 bits per heavy atom. The van der Waals surface area contributed by atoms with E-state index in [2.05, 4.69) is 12.2 Å². The van der Waals surface area contributed by atoms with Crippen LogP contribution < -0.4 is 9.62 Å². The van der Waals surface area contributed by atoms with Crippen LogP contribution in [0.25, 0.3) is 0 Å². The molecule has 0 spiro atoms. The molecule has 1 aromatic rings. The number of carbonyl (C=O) groups is 2. The summed E-state index contributed by atoms with van der Waals surface area (Å²) in [6, 6.07) is 4.94. The number of fused-ring (bicyclic) bond motifs is 1. The molecule has 27 heavy (non-hydrogen) atoms. The number of ether oxygens (including phenoxy) is 1. The molecule has 8 heteroatoms. The zero-order valence-electron chi connectivity index (χ0n) is 15.7. The molecule has 0 unspecified atom stereocenters. The topological polar surface area (TPSA) is 92.8 Å². The van der Waals surface area contributed by atoms with Gasteiger partial charge in [-0.05, 0) is 48.9 Å². The van der Waals surface area contributed by atoms with Gasteiger partial charge in [-0.25, -0.2) is 13.2 Å². The molecule has 0 bridgehead atoms. The number of carbonyl (C=O) groups excluding carboxylic acids is 2. The van der Waals surface area contributed by atoms with Gasteiger partial charge < -0.3 is 10.1 Å². The maximum atomic E-state index is 12.2. The molecule has 1 saturated carbocycles. The van der Waals surface area contributed by atoms with Crippen LogP contribution in [-0.2, 0) is 26.0 Å². The van der Waals surface area contributed by atoms with E-state index in [1.807, 2.05) is 0 Å². The Balaban J connectivity index is 1.57. The normalized spacial score (nSPS) is 22.2. The van der Waals surface area contributed by atoms with Crippen LogP contribution in [0.15, 0.2) is 18.2 Å². The van der Waals surface area contributed by atoms with Crippen molar-refractivity contribution in [3.05, 3.63) is 29.3 Å². The lowest BCUT2D eigenvalue weighted by atomic mass is 9.86. The molecule has 2 aliphatic rings. The monoisotopic (exact) mass is 394 g/mol. The smallest absolute Gasteiger partial charge is 0.338 e. The van der Waals surface area contributed by atoms with E-state index in [-0.39, 0.29) is 18.6 Å². The number of benzene rings is 1. The van der Waals surface area contributed by atoms with Crippen LogP contribution in [0.4, 0.5) is 5.69 Å². The summed E-state index contributed by atoms with van der Waals surface area (Å²) < 4.78 is 30.0. The molecule has 1 fully saturated rings. The van der Waals surface area contributed by atoms with Crippen LogP contribution in [0.1, 0.15) is 48.5 Å². The van der Waals surface area contributed by atoms with Gasteiger partial charge in [-0.3, -0.25) is 9.10 Å². The Morgan fingerprint density at radius 2 is 2.00 bits per heavy atom. The van der Waals surface area contributed by atoms with Crippen molar-refractivity contribution in [2.75, 3.05) is 23.7 Å². The minimum atomic E-state index is -3.33. The summed E-state index contributed by atoms with van der Waals surface area (Å²) in [5.74, 6) is -0.429. The molecule has 2 atom stereocenters. The molecule has 1 aromatic carbocycles. The maximum Gasteiger partial charge on any atom is 0.338 e. The highest BCUT2D eigenvalue weighted by Gasteiger charge is 2.27. The maximum absolute atomic E-state index is 12.2. The number of nitrogens with one attached hydrogen (secondary N) is 1. The lowest BCUT2D eigenvalue weighted by Crippen LogP contribution is -2.42. The lowest BCUT2D eigenvalue weighted by molar-refractivity contribution is -0.125. The first-order valence-corrected chi connectivity index (χ1v) is 11.2. The van der Waals surface area contributed by atoms with Gasteiger partial charge >= 0.3 is 5.97 Å². The summed E-state index contributed by atoms with van der Waals surface area (Å²) in [6.45, 7) is 2.18. The Hall–Kier alpha value is -2.09. The fourth-order valence-corrected chi connectivity index (χ4v) is 4.79. The molecule has 1 amide bonds. The van der Waals surface area contributed by atoms with E-state index in [0.717, 1.165) is 31.1 Å². The molecular weight excluding hydrogens is 368 g/mol. The molecule has 3 rings (SSSR count). The second kappa shape index (κ2) is 7.88. The molecule has 1 aliphatic carbocycles. The second-order valence-corrected chi connectivity index (χ2v) is 9.35. The van der Waals surface area contributed by atoms with Gasteiger partial charge in [0.25, 0.3) is 5.91 Å². The van der Waals surface area contributed by atoms with E-state index >= 15 is 0 Å². The van der Waals surface area contributed by atoms with Gasteiger partial charge in [0.05, 0.1) is 17.5 Å². The summed E-state index contributed by atoms with van der Waals surface area (Å²) in [4.78, 5) is 24.3. The summed E-state index contributed by atoms with van der Waals surface area (Å²) in [5, 5.41) is 2.95. The van der Waals surface area contributed by atoms with E-state index in [1.165, 1.54) is 16.8 Å². The molecule has 7 nitrogen and oxygen atoms in total. The van der Waals surface area contributed by atoms with Crippen LogP contribution in [0.2, 0.25) is 0 Å². The first-order chi connectivity index (χ1) is 12.8. The van der Waals surface area contributed by atoms with Crippen molar-refractivity contribution in [3.63, 3.8) is 0 Å². The second-order valence-electron chi connectivity index (χ2n) is 7.44. The fourth-order valence-electron chi connectivity index (χ4n) is 3.84. The highest BCUT2D eigenvalue weighted by atomic mass is 32.2. The van der Waals surface area contributed by atoms with Gasteiger partial charge in [-0.15, -0.1) is 0 Å². The molecule has 0 radical (unpaired) electrons. The van der Waals surface area contributed by atoms with Crippen molar-refractivity contribution in [2.24, 2.45) is 5.92 Å². The fraction of sp³-hybridized carbons (Fsp3) is 0.579. The van der Waals surface area contributed by atoms with Crippen LogP contribution in [0, 0.1) is 5.92 Å². The van der Waals surface area contributed by atoms with Crippen molar-refractivity contribution in [3.8, 4) is 0 Å². The average Bonchev–Trinajstić information content (AvgIpc) is 3.05. The number of anilines is 1. The van der Waals surface area contributed by atoms with Crippen molar-refractivity contribution < 1.29 is 22.7 Å². The third kappa shape index (κ3) is 4.61. The van der Waals surface area contributed by atoms with E-state index < -0.39 is 16.0 Å². The number of sulfonamides is 1. The first-order valence-electron chi connectivity index (χ1n) is 9.33. The largest absolute Gasteiger partial charge is 0.452 e. The van der Waals surface area contributed by atoms with Crippen molar-refractivity contribution in [2.45, 2.75) is 45.1 Å². The van der Waals surface area contributed by atoms with E-state index in [0.29, 0.717) is 30.1 Å². The van der Waals surface area contributed by atoms with Crippen LogP contribution in [0.5, 0.6) is 0 Å². The summed E-state index contributed by atoms with van der Waals surface area (Å²) >= 11 is 0. The van der Waals surface area contributed by atoms with Gasteiger partial charge in [0, 0.05) is 12.6 Å². The van der Waals surface area contributed by atoms with Crippen LogP contribution in [-0.4, -0.2) is 45.7 Å². The quantitative estimate of drug-likeness (QED) is 0.770. The number of esters is 1. The average molecular weight is 394 g/mol. The predicted molar refractivity (Wildman–Crippen MR) is 102 cm³/mol. The number of hydrogen-bond acceptors (Lipinski definition) is 5. The number of nitrogens with zero attached hydrogens (tertiary/aromatic N) is 1. The number of rotatable bonds is 5. The Bertz CT molecular complexity index is 837. The third-order valence-electron chi connectivity index (χ3n) is 5.36. The molecule has 0 aromatic heterocycles. The van der Waals surface area contributed by atoms with E-state index in [9.17, 15) is 18.0 Å². The van der Waals surface area contributed by atoms with E-state index in [1.54, 1.807) is 12.1 Å². The number of hydrogen-bond donors (Lipinski definition) is 1. The van der Waals surface area contributed by atoms with Crippen molar-refractivity contribution >= 4 is 27.6 Å². The summed E-state index contributed by atoms with van der Waals surface area (Å²) in [7, 11) is -3.33. The standard InChI is InChI=1S/C19H26N2O5S/c1-13-5-3-4-6-16(13)20-18(22)12-26-19(23)15-7-8-17-14(11-15)9-10-21(17)27(2,24)25/h7-8,11,13,16H,3-6,9-10,12H2,1-2H3,(H,20,22)/t13-,16+/m1/s1. The molecule has 1 N–H and O–H groups in total. The molecule has 1 aliphatic heterocycles. The van der Waals surface area contributed by atoms with Gasteiger partial charge in [0.2, 0.25) is 10.0 Å². The zero-order chi connectivity index (χ0) is 19.6. The molecule has 148 valence electrons. The third-order valence-corrected chi connectivity index (χ3v) is 6.54.